The second-order valence-electron chi connectivity index (χ2n) is 6.10. The Kier molecular flexibility index (Phi) is 4.12. The predicted molar refractivity (Wildman–Crippen MR) is 87.5 cm³/mol. The van der Waals surface area contributed by atoms with E-state index in [4.69, 9.17) is 0 Å². The maximum atomic E-state index is 12.6. The Morgan fingerprint density at radius 2 is 1.58 bits per heavy atom. The molecule has 0 saturated heterocycles. The molecule has 0 atom stereocenters. The number of halogens is 3. The Bertz CT molecular complexity index is 900. The smallest absolute Gasteiger partial charge is 0.289 e. The van der Waals surface area contributed by atoms with Crippen molar-refractivity contribution in [1.82, 2.24) is 24.8 Å². The van der Waals surface area contributed by atoms with Crippen molar-refractivity contribution >= 4 is 0 Å². The summed E-state index contributed by atoms with van der Waals surface area (Å²) in [6.45, 7) is 2.30. The monoisotopic (exact) mass is 357 g/mol. The van der Waals surface area contributed by atoms with E-state index >= 15 is 0 Å². The van der Waals surface area contributed by atoms with Crippen molar-refractivity contribution in [3.8, 4) is 11.5 Å². The van der Waals surface area contributed by atoms with Gasteiger partial charge in [-0.05, 0) is 17.2 Å². The third kappa shape index (κ3) is 3.41. The second kappa shape index (κ2) is 6.45. The van der Waals surface area contributed by atoms with Crippen LogP contribution in [0.3, 0.4) is 0 Å². The molecule has 26 heavy (non-hydrogen) atoms. The van der Waals surface area contributed by atoms with Crippen LogP contribution in [0.15, 0.2) is 49.1 Å². The molecule has 4 rings (SSSR count). The summed E-state index contributed by atoms with van der Waals surface area (Å²) < 4.78 is 37.8. The van der Waals surface area contributed by atoms with Gasteiger partial charge in [-0.3, -0.25) is 4.90 Å². The van der Waals surface area contributed by atoms with Crippen LogP contribution in [-0.2, 0) is 25.8 Å². The van der Waals surface area contributed by atoms with Crippen LogP contribution in [0.1, 0.15) is 22.4 Å². The number of aromatic nitrogens is 4. The highest BCUT2D eigenvalue weighted by Gasteiger charge is 2.31. The third-order valence-electron chi connectivity index (χ3n) is 4.22. The molecule has 0 unspecified atom stereocenters. The lowest BCUT2D eigenvalue weighted by atomic mass is 10.1. The Labute approximate surface area is 147 Å². The molecule has 2 aromatic heterocycles. The molecule has 1 aromatic carbocycles. The lowest BCUT2D eigenvalue weighted by Gasteiger charge is -2.14. The highest BCUT2D eigenvalue weighted by atomic mass is 19.4. The van der Waals surface area contributed by atoms with Gasteiger partial charge in [-0.1, -0.05) is 24.3 Å². The summed E-state index contributed by atoms with van der Waals surface area (Å²) in [6.07, 6.45) is -1.54. The molecule has 0 fully saturated rings. The molecule has 3 heterocycles. The minimum absolute atomic E-state index is 0.145. The van der Waals surface area contributed by atoms with Crippen molar-refractivity contribution in [2.75, 3.05) is 0 Å². The fraction of sp³-hybridized carbons (Fsp3) is 0.222. The van der Waals surface area contributed by atoms with Crippen LogP contribution in [-0.4, -0.2) is 24.8 Å². The molecule has 0 amide bonds. The zero-order valence-corrected chi connectivity index (χ0v) is 13.6. The molecule has 0 bridgehead atoms. The van der Waals surface area contributed by atoms with E-state index in [1.807, 2.05) is 12.1 Å². The number of alkyl halides is 3. The van der Waals surface area contributed by atoms with Crippen molar-refractivity contribution in [3.05, 3.63) is 71.4 Å². The summed E-state index contributed by atoms with van der Waals surface area (Å²) in [5.41, 5.74) is 2.89. The SMILES string of the molecule is FC(F)(F)c1cnc(-c2cc(CN3Cc4ccccc4C3)ncn2)nc1. The third-order valence-corrected chi connectivity index (χ3v) is 4.22. The van der Waals surface area contributed by atoms with Crippen LogP contribution in [0.4, 0.5) is 13.2 Å². The quantitative estimate of drug-likeness (QED) is 0.718. The fourth-order valence-corrected chi connectivity index (χ4v) is 2.96. The van der Waals surface area contributed by atoms with Gasteiger partial charge in [0.15, 0.2) is 5.82 Å². The summed E-state index contributed by atoms with van der Waals surface area (Å²) in [7, 11) is 0. The Balaban J connectivity index is 1.51. The van der Waals surface area contributed by atoms with E-state index in [1.165, 1.54) is 17.5 Å². The fourth-order valence-electron chi connectivity index (χ4n) is 2.96. The van der Waals surface area contributed by atoms with Gasteiger partial charge < -0.3 is 0 Å². The molecule has 1 aliphatic heterocycles. The standard InChI is InChI=1S/C18H14F3N5/c19-18(20,21)14-6-22-17(23-7-14)16-5-15(24-11-25-16)10-26-8-12-3-1-2-4-13(12)9-26/h1-7,11H,8-10H2. The lowest BCUT2D eigenvalue weighted by Crippen LogP contribution is -2.16. The molecule has 1 aliphatic rings. The first-order chi connectivity index (χ1) is 12.5. The van der Waals surface area contributed by atoms with Gasteiger partial charge in [0.25, 0.3) is 0 Å². The van der Waals surface area contributed by atoms with Crippen LogP contribution < -0.4 is 0 Å². The number of hydrogen-bond acceptors (Lipinski definition) is 5. The van der Waals surface area contributed by atoms with Gasteiger partial charge in [0, 0.05) is 32.0 Å². The molecule has 0 radical (unpaired) electrons. The molecule has 0 N–H and O–H groups in total. The van der Waals surface area contributed by atoms with E-state index in [0.29, 0.717) is 12.2 Å². The largest absolute Gasteiger partial charge is 0.419 e. The molecule has 0 saturated carbocycles. The van der Waals surface area contributed by atoms with E-state index in [2.05, 4.69) is 37.0 Å². The van der Waals surface area contributed by atoms with E-state index in [1.54, 1.807) is 6.07 Å². The van der Waals surface area contributed by atoms with Gasteiger partial charge in [-0.25, -0.2) is 19.9 Å². The summed E-state index contributed by atoms with van der Waals surface area (Å²) in [6, 6.07) is 9.97. The summed E-state index contributed by atoms with van der Waals surface area (Å²) in [4.78, 5) is 18.2. The van der Waals surface area contributed by atoms with Crippen LogP contribution >= 0.6 is 0 Å². The summed E-state index contributed by atoms with van der Waals surface area (Å²) in [5.74, 6) is 0.145. The number of benzene rings is 1. The molecule has 3 aromatic rings. The second-order valence-corrected chi connectivity index (χ2v) is 6.10. The van der Waals surface area contributed by atoms with Crippen LogP contribution in [0.25, 0.3) is 11.5 Å². The van der Waals surface area contributed by atoms with Crippen molar-refractivity contribution in [2.24, 2.45) is 0 Å². The number of hydrogen-bond donors (Lipinski definition) is 0. The van der Waals surface area contributed by atoms with Crippen molar-refractivity contribution in [3.63, 3.8) is 0 Å². The average molecular weight is 357 g/mol. The summed E-state index contributed by atoms with van der Waals surface area (Å²) >= 11 is 0. The number of nitrogens with zero attached hydrogens (tertiary/aromatic N) is 5. The first-order valence-electron chi connectivity index (χ1n) is 7.99. The zero-order chi connectivity index (χ0) is 18.1. The highest BCUT2D eigenvalue weighted by Crippen LogP contribution is 2.28. The molecular weight excluding hydrogens is 343 g/mol. The minimum atomic E-state index is -4.46. The molecular formula is C18H14F3N5. The van der Waals surface area contributed by atoms with Gasteiger partial charge in [0.05, 0.1) is 11.3 Å². The molecule has 8 heteroatoms. The van der Waals surface area contributed by atoms with Crippen LogP contribution in [0, 0.1) is 0 Å². The minimum Gasteiger partial charge on any atom is -0.289 e. The van der Waals surface area contributed by atoms with Crippen molar-refractivity contribution in [2.45, 2.75) is 25.8 Å². The Hall–Kier alpha value is -2.87. The molecule has 132 valence electrons. The van der Waals surface area contributed by atoms with Gasteiger partial charge >= 0.3 is 6.18 Å². The van der Waals surface area contributed by atoms with E-state index < -0.39 is 11.7 Å². The van der Waals surface area contributed by atoms with E-state index in [-0.39, 0.29) is 5.82 Å². The van der Waals surface area contributed by atoms with Crippen molar-refractivity contribution in [1.29, 1.82) is 0 Å². The molecule has 5 nitrogen and oxygen atoms in total. The first kappa shape index (κ1) is 16.6. The predicted octanol–water partition coefficient (Wildman–Crippen LogP) is 3.47. The van der Waals surface area contributed by atoms with Gasteiger partial charge in [0.1, 0.15) is 12.0 Å². The van der Waals surface area contributed by atoms with Crippen molar-refractivity contribution < 1.29 is 13.2 Å². The van der Waals surface area contributed by atoms with E-state index in [0.717, 1.165) is 31.2 Å². The zero-order valence-electron chi connectivity index (χ0n) is 13.6. The van der Waals surface area contributed by atoms with Crippen LogP contribution in [0.5, 0.6) is 0 Å². The molecule has 0 aliphatic carbocycles. The number of fused-ring (bicyclic) bond motifs is 1. The topological polar surface area (TPSA) is 54.8 Å². The molecule has 0 spiro atoms. The average Bonchev–Trinajstić information content (AvgIpc) is 3.03. The maximum absolute atomic E-state index is 12.6. The van der Waals surface area contributed by atoms with Gasteiger partial charge in [0.2, 0.25) is 0 Å². The summed E-state index contributed by atoms with van der Waals surface area (Å²) in [5, 5.41) is 0. The van der Waals surface area contributed by atoms with Crippen LogP contribution in [0.2, 0.25) is 0 Å². The Morgan fingerprint density at radius 3 is 2.19 bits per heavy atom. The van der Waals surface area contributed by atoms with Gasteiger partial charge in [-0.15, -0.1) is 0 Å². The number of rotatable bonds is 3. The van der Waals surface area contributed by atoms with E-state index in [9.17, 15) is 13.2 Å². The first-order valence-corrected chi connectivity index (χ1v) is 7.99. The normalized spacial score (nSPS) is 14.4. The Morgan fingerprint density at radius 1 is 0.923 bits per heavy atom. The lowest BCUT2D eigenvalue weighted by molar-refractivity contribution is -0.138. The maximum Gasteiger partial charge on any atom is 0.419 e. The van der Waals surface area contributed by atoms with Gasteiger partial charge in [-0.2, -0.15) is 13.2 Å². The highest BCUT2D eigenvalue weighted by molar-refractivity contribution is 5.48.